The summed E-state index contributed by atoms with van der Waals surface area (Å²) in [7, 11) is 0. The Kier molecular flexibility index (Phi) is 7.40. The molecule has 0 unspecified atom stereocenters. The van der Waals surface area contributed by atoms with E-state index in [1.165, 1.54) is 45.3 Å². The molecule has 5 rings (SSSR count). The number of likely N-dealkylation sites (tertiary alicyclic amines) is 2. The standard InChI is InChI=1S/C29H39N3O3/c1-29(12-13-29)21-31-14-8-23(9-15-31)20-35-27-7-6-26(18-30-27)24-2-4-25(5-3-24)28(34)32-16-10-22(19-33)11-17-32/h2-7,18,22-23,33H,8-17,19-21H2,1H3. The lowest BCUT2D eigenvalue weighted by atomic mass is 9.96. The number of hydrogen-bond donors (Lipinski definition) is 1. The molecule has 1 aromatic carbocycles. The van der Waals surface area contributed by atoms with Crippen LogP contribution in [0.5, 0.6) is 5.88 Å². The number of hydrogen-bond acceptors (Lipinski definition) is 5. The van der Waals surface area contributed by atoms with Crippen molar-refractivity contribution < 1.29 is 14.6 Å². The zero-order valence-electron chi connectivity index (χ0n) is 21.0. The van der Waals surface area contributed by atoms with Gasteiger partial charge in [-0.25, -0.2) is 4.98 Å². The molecule has 2 aliphatic heterocycles. The highest BCUT2D eigenvalue weighted by atomic mass is 16.5. The van der Waals surface area contributed by atoms with Crippen LogP contribution in [0.25, 0.3) is 11.1 Å². The first-order chi connectivity index (χ1) is 17.0. The fourth-order valence-electron chi connectivity index (χ4n) is 5.37. The predicted molar refractivity (Wildman–Crippen MR) is 137 cm³/mol. The second-order valence-electron chi connectivity index (χ2n) is 11.2. The highest BCUT2D eigenvalue weighted by Crippen LogP contribution is 2.45. The van der Waals surface area contributed by atoms with Crippen molar-refractivity contribution in [3.05, 3.63) is 48.2 Å². The van der Waals surface area contributed by atoms with E-state index in [2.05, 4.69) is 16.8 Å². The Bertz CT molecular complexity index is 971. The number of rotatable bonds is 8. The van der Waals surface area contributed by atoms with Gasteiger partial charge in [-0.1, -0.05) is 19.1 Å². The van der Waals surface area contributed by atoms with Crippen LogP contribution in [-0.4, -0.2) is 71.7 Å². The van der Waals surface area contributed by atoms with E-state index in [1.807, 2.05) is 47.5 Å². The topological polar surface area (TPSA) is 65.9 Å². The number of pyridine rings is 1. The van der Waals surface area contributed by atoms with Crippen LogP contribution in [0.3, 0.4) is 0 Å². The summed E-state index contributed by atoms with van der Waals surface area (Å²) >= 11 is 0. The molecule has 3 fully saturated rings. The van der Waals surface area contributed by atoms with Gasteiger partial charge in [-0.3, -0.25) is 4.79 Å². The lowest BCUT2D eigenvalue weighted by molar-refractivity contribution is 0.0651. The van der Waals surface area contributed by atoms with Crippen LogP contribution in [-0.2, 0) is 0 Å². The maximum absolute atomic E-state index is 12.8. The Balaban J connectivity index is 1.08. The molecule has 1 aromatic heterocycles. The van der Waals surface area contributed by atoms with Crippen LogP contribution in [0.15, 0.2) is 42.6 Å². The third kappa shape index (κ3) is 6.22. The number of aromatic nitrogens is 1. The number of carbonyl (C=O) groups is 1. The number of nitrogens with zero attached hydrogens (tertiary/aromatic N) is 3. The fraction of sp³-hybridized carbons (Fsp3) is 0.586. The van der Waals surface area contributed by atoms with E-state index in [4.69, 9.17) is 4.74 Å². The summed E-state index contributed by atoms with van der Waals surface area (Å²) in [4.78, 5) is 21.9. The Morgan fingerprint density at radius 2 is 1.63 bits per heavy atom. The summed E-state index contributed by atoms with van der Waals surface area (Å²) in [5, 5.41) is 9.30. The molecule has 2 saturated heterocycles. The molecule has 0 spiro atoms. The third-order valence-electron chi connectivity index (χ3n) is 8.24. The second-order valence-corrected chi connectivity index (χ2v) is 11.2. The first-order valence-electron chi connectivity index (χ1n) is 13.3. The first-order valence-corrected chi connectivity index (χ1v) is 13.3. The predicted octanol–water partition coefficient (Wildman–Crippen LogP) is 4.48. The van der Waals surface area contributed by atoms with Crippen LogP contribution in [0.1, 0.15) is 55.8 Å². The van der Waals surface area contributed by atoms with Gasteiger partial charge in [0.25, 0.3) is 5.91 Å². The van der Waals surface area contributed by atoms with Gasteiger partial charge in [0.1, 0.15) is 0 Å². The number of aliphatic hydroxyl groups is 1. The average Bonchev–Trinajstić information content (AvgIpc) is 3.64. The van der Waals surface area contributed by atoms with Crippen molar-refractivity contribution in [3.63, 3.8) is 0 Å². The van der Waals surface area contributed by atoms with E-state index in [0.717, 1.165) is 43.7 Å². The minimum atomic E-state index is 0.0717. The van der Waals surface area contributed by atoms with Gasteiger partial charge in [-0.2, -0.15) is 0 Å². The van der Waals surface area contributed by atoms with Crippen LogP contribution in [0.4, 0.5) is 0 Å². The molecule has 1 amide bonds. The number of piperidine rings is 2. The van der Waals surface area contributed by atoms with Crippen LogP contribution < -0.4 is 4.74 Å². The molecule has 3 heterocycles. The number of benzene rings is 1. The quantitative estimate of drug-likeness (QED) is 0.607. The molecular weight excluding hydrogens is 438 g/mol. The highest BCUT2D eigenvalue weighted by molar-refractivity contribution is 5.94. The van der Waals surface area contributed by atoms with E-state index in [-0.39, 0.29) is 12.5 Å². The van der Waals surface area contributed by atoms with Gasteiger partial charge in [0.15, 0.2) is 0 Å². The normalized spacial score (nSPS) is 21.1. The maximum Gasteiger partial charge on any atom is 0.253 e. The summed E-state index contributed by atoms with van der Waals surface area (Å²) in [5.74, 6) is 1.69. The number of carbonyl (C=O) groups excluding carboxylic acids is 1. The summed E-state index contributed by atoms with van der Waals surface area (Å²) < 4.78 is 6.02. The molecule has 0 atom stereocenters. The number of amides is 1. The lowest BCUT2D eigenvalue weighted by Gasteiger charge is -2.33. The van der Waals surface area contributed by atoms with Gasteiger partial charge >= 0.3 is 0 Å². The van der Waals surface area contributed by atoms with Crippen molar-refractivity contribution in [2.24, 2.45) is 17.3 Å². The molecule has 6 nitrogen and oxygen atoms in total. The lowest BCUT2D eigenvalue weighted by Crippen LogP contribution is -2.39. The fourth-order valence-corrected chi connectivity index (χ4v) is 5.37. The van der Waals surface area contributed by atoms with Gasteiger partial charge in [0.05, 0.1) is 6.61 Å². The van der Waals surface area contributed by atoms with Gasteiger partial charge < -0.3 is 19.6 Å². The maximum atomic E-state index is 12.8. The minimum Gasteiger partial charge on any atom is -0.477 e. The molecule has 1 aliphatic carbocycles. The van der Waals surface area contributed by atoms with Crippen molar-refractivity contribution in [2.75, 3.05) is 45.9 Å². The molecule has 1 saturated carbocycles. The highest BCUT2D eigenvalue weighted by Gasteiger charge is 2.39. The van der Waals surface area contributed by atoms with Crippen molar-refractivity contribution >= 4 is 5.91 Å². The molecule has 1 N–H and O–H groups in total. The Morgan fingerprint density at radius 1 is 0.971 bits per heavy atom. The summed E-state index contributed by atoms with van der Waals surface area (Å²) in [6, 6.07) is 11.8. The monoisotopic (exact) mass is 477 g/mol. The van der Waals surface area contributed by atoms with E-state index in [0.29, 0.717) is 28.7 Å². The molecular formula is C29H39N3O3. The zero-order valence-corrected chi connectivity index (χ0v) is 21.0. The van der Waals surface area contributed by atoms with Gasteiger partial charge in [0, 0.05) is 49.6 Å². The number of ether oxygens (including phenoxy) is 1. The van der Waals surface area contributed by atoms with Gasteiger partial charge in [-0.15, -0.1) is 0 Å². The van der Waals surface area contributed by atoms with Crippen molar-refractivity contribution in [1.29, 1.82) is 0 Å². The largest absolute Gasteiger partial charge is 0.477 e. The van der Waals surface area contributed by atoms with Crippen molar-refractivity contribution in [3.8, 4) is 17.0 Å². The van der Waals surface area contributed by atoms with Crippen molar-refractivity contribution in [1.82, 2.24) is 14.8 Å². The van der Waals surface area contributed by atoms with Crippen LogP contribution in [0, 0.1) is 17.3 Å². The molecule has 35 heavy (non-hydrogen) atoms. The van der Waals surface area contributed by atoms with Crippen LogP contribution in [0.2, 0.25) is 0 Å². The zero-order chi connectivity index (χ0) is 24.3. The van der Waals surface area contributed by atoms with Gasteiger partial charge in [0.2, 0.25) is 5.88 Å². The molecule has 2 aromatic rings. The molecule has 0 radical (unpaired) electrons. The van der Waals surface area contributed by atoms with E-state index in [1.54, 1.807) is 0 Å². The van der Waals surface area contributed by atoms with Gasteiger partial charge in [-0.05, 0) is 92.6 Å². The van der Waals surface area contributed by atoms with E-state index >= 15 is 0 Å². The Labute approximate surface area is 209 Å². The van der Waals surface area contributed by atoms with Crippen LogP contribution >= 0.6 is 0 Å². The van der Waals surface area contributed by atoms with E-state index in [9.17, 15) is 9.90 Å². The average molecular weight is 478 g/mol. The Hall–Kier alpha value is -2.44. The SMILES string of the molecule is CC1(CN2CCC(COc3ccc(-c4ccc(C(=O)N5CCC(CO)CC5)cc4)cn3)CC2)CC1. The smallest absolute Gasteiger partial charge is 0.253 e. The molecule has 3 aliphatic rings. The summed E-state index contributed by atoms with van der Waals surface area (Å²) in [6.07, 6.45) is 8.80. The molecule has 0 bridgehead atoms. The molecule has 188 valence electrons. The first kappa shape index (κ1) is 24.3. The third-order valence-corrected chi connectivity index (χ3v) is 8.24. The second kappa shape index (κ2) is 10.7. The number of aliphatic hydroxyl groups excluding tert-OH is 1. The summed E-state index contributed by atoms with van der Waals surface area (Å²) in [6.45, 7) is 8.45. The Morgan fingerprint density at radius 3 is 2.23 bits per heavy atom. The minimum absolute atomic E-state index is 0.0717. The van der Waals surface area contributed by atoms with Crippen molar-refractivity contribution in [2.45, 2.75) is 45.4 Å². The molecule has 6 heteroatoms. The van der Waals surface area contributed by atoms with E-state index < -0.39 is 0 Å². The summed E-state index contributed by atoms with van der Waals surface area (Å²) in [5.41, 5.74) is 3.36.